The maximum absolute atomic E-state index is 13.7. The van der Waals surface area contributed by atoms with E-state index in [1.54, 1.807) is 6.92 Å². The summed E-state index contributed by atoms with van der Waals surface area (Å²) >= 11 is 16.9. The number of H-pyrrole nitrogens is 2. The van der Waals surface area contributed by atoms with Gasteiger partial charge in [0.05, 0.1) is 85.6 Å². The zero-order chi connectivity index (χ0) is 71.0. The number of hydrogen-bond acceptors (Lipinski definition) is 34. The number of ether oxygens (including phenoxy) is 12. The van der Waals surface area contributed by atoms with Crippen molar-refractivity contribution in [2.75, 3.05) is 119 Å². The summed E-state index contributed by atoms with van der Waals surface area (Å²) in [6, 6.07) is 0. The van der Waals surface area contributed by atoms with Gasteiger partial charge in [-0.25, -0.2) is 29.3 Å². The monoisotopic (exact) mass is 1510 g/mol. The van der Waals surface area contributed by atoms with Crippen LogP contribution in [0, 0.1) is 20.8 Å². The molecule has 4 fully saturated rings. The molecule has 5 aromatic heterocycles. The smallest absolute Gasteiger partial charge is 0.351 e. The van der Waals surface area contributed by atoms with E-state index in [2.05, 4.69) is 29.9 Å². The van der Waals surface area contributed by atoms with Crippen LogP contribution in [0.25, 0.3) is 11.2 Å². The number of nitrogen functional groups attached to an aromatic ring is 2. The molecule has 19 atom stereocenters. The SMILES string of the molecule is COCCO[C@@H]1[C@H](O)[C@@H](COP(O)(=S)O[C@H]2[C@@H](OCCOC)[C@H](n3cc(C)c(=O)[nH]c3=O)O[C@@H]2COP(O)(=S)O[C@H]2[C@@H](OCCOC)[C@H](n3cnc4c(N)ncnc43)O[C@@H]2COP(O)(=S)O[C@H]2[C@@H](OCCOC)[C@H](n3cc(C)c(=O)[nH]c3=O)O[C@@H]2CO)O[C@H]1n1cc(C)c(N)nc1=O. The molecule has 0 spiro atoms. The van der Waals surface area contributed by atoms with Crippen molar-refractivity contribution in [2.45, 2.75) is 119 Å². The molecule has 0 saturated carbocycles. The number of aromatic amines is 2. The van der Waals surface area contributed by atoms with Crippen LogP contribution in [0.5, 0.6) is 0 Å². The summed E-state index contributed by atoms with van der Waals surface area (Å²) in [5, 5.41) is 22.3. The molecule has 0 aliphatic carbocycles. The minimum absolute atomic E-state index is 0.0123. The molecular weight excluding hydrogens is 1430 g/mol. The lowest BCUT2D eigenvalue weighted by molar-refractivity contribution is -0.0836. The Bertz CT molecular complexity index is 4000. The Hall–Kier alpha value is -4.58. The lowest BCUT2D eigenvalue weighted by Crippen LogP contribution is -2.42. The number of anilines is 2. The van der Waals surface area contributed by atoms with Crippen molar-refractivity contribution in [3.63, 3.8) is 0 Å². The first-order valence-electron chi connectivity index (χ1n) is 29.9. The van der Waals surface area contributed by atoms with Gasteiger partial charge in [0, 0.05) is 63.7 Å². The van der Waals surface area contributed by atoms with E-state index in [0.29, 0.717) is 5.56 Å². The van der Waals surface area contributed by atoms with Gasteiger partial charge in [-0.2, -0.15) is 4.98 Å². The predicted molar refractivity (Wildman–Crippen MR) is 347 cm³/mol. The van der Waals surface area contributed by atoms with E-state index >= 15 is 0 Å². The molecule has 0 aromatic carbocycles. The fraction of sp³-hybridized carbons (Fsp3) is 0.673. The van der Waals surface area contributed by atoms with Crippen molar-refractivity contribution in [3.8, 4) is 0 Å². The van der Waals surface area contributed by atoms with Gasteiger partial charge in [-0.15, -0.1) is 0 Å². The first-order chi connectivity index (χ1) is 46.6. The first kappa shape index (κ1) is 77.6. The lowest BCUT2D eigenvalue weighted by atomic mass is 10.1. The number of aliphatic hydroxyl groups excluding tert-OH is 2. The van der Waals surface area contributed by atoms with Crippen LogP contribution in [0.1, 0.15) is 41.6 Å². The zero-order valence-electron chi connectivity index (χ0n) is 53.5. The Labute approximate surface area is 571 Å². The largest absolute Gasteiger partial charge is 0.394 e. The van der Waals surface area contributed by atoms with Gasteiger partial charge in [0.15, 0.2) is 36.4 Å². The second-order valence-electron chi connectivity index (χ2n) is 22.3. The molecule has 46 heteroatoms. The van der Waals surface area contributed by atoms with E-state index in [1.165, 1.54) is 78.1 Å². The molecule has 98 heavy (non-hydrogen) atoms. The number of rotatable bonds is 36. The second kappa shape index (κ2) is 34.1. The Kier molecular flexibility index (Phi) is 27.0. The van der Waals surface area contributed by atoms with Crippen LogP contribution in [0.4, 0.5) is 11.6 Å². The van der Waals surface area contributed by atoms with Gasteiger partial charge in [-0.05, 0) is 56.2 Å². The highest BCUT2D eigenvalue weighted by molar-refractivity contribution is 8.07. The van der Waals surface area contributed by atoms with E-state index < -0.39 is 173 Å². The van der Waals surface area contributed by atoms with Crippen LogP contribution >= 0.6 is 20.2 Å². The summed E-state index contributed by atoms with van der Waals surface area (Å²) in [5.41, 5.74) is 8.79. The molecule has 546 valence electrons. The number of nitrogens with one attached hydrogen (secondary N) is 2. The Morgan fingerprint density at radius 1 is 0.510 bits per heavy atom. The molecule has 9 rings (SSSR count). The summed E-state index contributed by atoms with van der Waals surface area (Å²) < 4.78 is 112. The van der Waals surface area contributed by atoms with Gasteiger partial charge in [0.1, 0.15) is 90.9 Å². The fourth-order valence-electron chi connectivity index (χ4n) is 10.9. The number of imidazole rings is 1. The summed E-state index contributed by atoms with van der Waals surface area (Å²) in [7, 11) is 5.62. The molecule has 4 aliphatic rings. The minimum atomic E-state index is -4.81. The van der Waals surface area contributed by atoms with E-state index in [0.717, 1.165) is 13.7 Å². The minimum Gasteiger partial charge on any atom is -0.394 e. The third kappa shape index (κ3) is 18.4. The fourth-order valence-corrected chi connectivity index (χ4v) is 15.2. The molecule has 4 aliphatic heterocycles. The number of aliphatic hydroxyl groups is 2. The van der Waals surface area contributed by atoms with Crippen LogP contribution in [0.2, 0.25) is 0 Å². The number of fused-ring (bicyclic) bond motifs is 1. The molecule has 0 radical (unpaired) electrons. The highest BCUT2D eigenvalue weighted by Gasteiger charge is 2.55. The molecule has 3 unspecified atom stereocenters. The lowest BCUT2D eigenvalue weighted by Gasteiger charge is -2.31. The topological polar surface area (TPSA) is 508 Å². The van der Waals surface area contributed by atoms with E-state index in [4.69, 9.17) is 131 Å². The van der Waals surface area contributed by atoms with Gasteiger partial charge < -0.3 is 107 Å². The molecule has 40 nitrogen and oxygen atoms in total. The third-order valence-corrected chi connectivity index (χ3v) is 20.3. The van der Waals surface area contributed by atoms with Crippen molar-refractivity contribution >= 4 is 78.4 Å². The van der Waals surface area contributed by atoms with Gasteiger partial charge in [-0.3, -0.25) is 51.4 Å². The molecule has 9 heterocycles. The number of aryl methyl sites for hydroxylation is 3. The highest BCUT2D eigenvalue weighted by atomic mass is 32.5. The first-order valence-corrected chi connectivity index (χ1v) is 37.6. The van der Waals surface area contributed by atoms with Crippen LogP contribution < -0.4 is 39.7 Å². The van der Waals surface area contributed by atoms with E-state index in [9.17, 15) is 48.9 Å². The summed E-state index contributed by atoms with van der Waals surface area (Å²) in [6.07, 6.45) is -17.0. The average molecular weight is 1510 g/mol. The standard InChI is InChI=1S/C52H77N12O28P3S3/c1-25-16-61(50(69)58-41(25)53)46-37(79-12-8-75-4)33(66)29(87-46)20-83-93(72,96)91-35-30(88-48(39(35)81-14-10-77-6)63-18-27(3)45(68)60-52(63)71)21-85-95(74,98)92-36-31(89-49(40(36)82-15-11-78-7)64-24-57-32-42(54)55-23-56-43(32)64)22-84-94(73,97)90-34-28(19-65)86-47(38(34)80-13-9-76-5)62-17-26(2)44(67)59-51(62)70/h16-18,23-24,28-31,33-40,46-49,65-66H,8-15,19-22H2,1-7H3,(H,72,96)(H,73,97)(H,74,98)(H2,53,58,69)(H2,54,55,56)(H,59,67,70)(H,60,68,71)/t28-,29-,30-,31-,33-,34-,35-,36-,37-,38-,39-,40-,46-,47-,48-,49-,93?,94?,95?/m1/s1. The number of aromatic nitrogens is 10. The van der Waals surface area contributed by atoms with Crippen molar-refractivity contribution in [3.05, 3.63) is 100 Å². The molecule has 4 saturated heterocycles. The zero-order valence-corrected chi connectivity index (χ0v) is 58.7. The van der Waals surface area contributed by atoms with Gasteiger partial charge in [0.25, 0.3) is 11.1 Å². The number of nitrogens with zero attached hydrogens (tertiary/aromatic N) is 8. The summed E-state index contributed by atoms with van der Waals surface area (Å²) in [6.45, 7) is -13.3. The molecule has 11 N–H and O–H groups in total. The van der Waals surface area contributed by atoms with Crippen molar-refractivity contribution in [1.82, 2.24) is 48.2 Å². The number of hydrogen-bond donors (Lipinski definition) is 9. The average Bonchev–Trinajstić information content (AvgIpc) is 1.63. The molecule has 5 aromatic rings. The number of nitrogens with two attached hydrogens (primary N) is 2. The van der Waals surface area contributed by atoms with Crippen molar-refractivity contribution in [2.24, 2.45) is 0 Å². The maximum Gasteiger partial charge on any atom is 0.351 e. The molecule has 0 bridgehead atoms. The van der Waals surface area contributed by atoms with Crippen LogP contribution in [-0.4, -0.2) is 254 Å². The van der Waals surface area contributed by atoms with Crippen molar-refractivity contribution < 1.29 is 109 Å². The quantitative estimate of drug-likeness (QED) is 0.0144. The molecular formula is C52H77N12O28P3S3. The van der Waals surface area contributed by atoms with Gasteiger partial charge in [0.2, 0.25) is 0 Å². The van der Waals surface area contributed by atoms with Gasteiger partial charge in [-0.1, -0.05) is 0 Å². The normalized spacial score (nSPS) is 29.1. The number of methoxy groups -OCH3 is 4. The Balaban J connectivity index is 1.01. The third-order valence-electron chi connectivity index (χ3n) is 15.7. The maximum atomic E-state index is 13.7. The Morgan fingerprint density at radius 2 is 0.898 bits per heavy atom. The molecule has 0 amide bonds. The predicted octanol–water partition coefficient (Wildman–Crippen LogP) is -2.80. The summed E-state index contributed by atoms with van der Waals surface area (Å²) in [5.74, 6) is -0.0589. The summed E-state index contributed by atoms with van der Waals surface area (Å²) in [4.78, 5) is 123. The van der Waals surface area contributed by atoms with Crippen molar-refractivity contribution in [1.29, 1.82) is 0 Å². The van der Waals surface area contributed by atoms with E-state index in [1.807, 2.05) is 0 Å². The van der Waals surface area contributed by atoms with Crippen LogP contribution in [-0.2, 0) is 119 Å². The van der Waals surface area contributed by atoms with E-state index in [-0.39, 0.29) is 86.8 Å². The van der Waals surface area contributed by atoms with Crippen LogP contribution in [0.15, 0.2) is 55.2 Å². The van der Waals surface area contributed by atoms with Crippen LogP contribution in [0.3, 0.4) is 0 Å². The van der Waals surface area contributed by atoms with Gasteiger partial charge >= 0.3 is 37.2 Å². The highest BCUT2D eigenvalue weighted by Crippen LogP contribution is 2.55. The Morgan fingerprint density at radius 3 is 1.35 bits per heavy atom. The second-order valence-corrected chi connectivity index (χ2v) is 30.7.